The lowest BCUT2D eigenvalue weighted by Crippen LogP contribution is -2.40. The highest BCUT2D eigenvalue weighted by Gasteiger charge is 2.24. The van der Waals surface area contributed by atoms with Gasteiger partial charge >= 0.3 is 0 Å². The molecule has 7 heavy (non-hydrogen) atoms. The summed E-state index contributed by atoms with van der Waals surface area (Å²) in [6.45, 7) is 1.75. The van der Waals surface area contributed by atoms with E-state index in [1.165, 1.54) is 0 Å². The maximum absolute atomic E-state index is 8.25. The van der Waals surface area contributed by atoms with Crippen molar-refractivity contribution in [3.63, 3.8) is 0 Å². The molecule has 0 aliphatic carbocycles. The van der Waals surface area contributed by atoms with E-state index < -0.39 is 0 Å². The van der Waals surface area contributed by atoms with Crippen LogP contribution in [-0.4, -0.2) is 24.3 Å². The van der Waals surface area contributed by atoms with Crippen molar-refractivity contribution in [2.75, 3.05) is 6.61 Å². The summed E-state index contributed by atoms with van der Waals surface area (Å²) in [5, 5.41) is 8.25. The van der Waals surface area contributed by atoms with Gasteiger partial charge in [0, 0.05) is 0 Å². The molecule has 0 unspecified atom stereocenters. The largest absolute Gasteiger partial charge is 0.391 e. The van der Waals surface area contributed by atoms with Crippen LogP contribution >= 0.6 is 0 Å². The smallest absolute Gasteiger partial charge is 0.186 e. The molecule has 0 aromatic rings. The maximum atomic E-state index is 8.25. The predicted molar refractivity (Wildman–Crippen MR) is 22.5 cm³/mol. The molecule has 1 heterocycles. The predicted octanol–water partition coefficient (Wildman–Crippen LogP) is -0.302. The Bertz CT molecular complexity index is 58.0. The van der Waals surface area contributed by atoms with Crippen LogP contribution in [0.4, 0.5) is 0 Å². The molecule has 0 aromatic carbocycles. The zero-order valence-corrected chi connectivity index (χ0v) is 4.13. The highest BCUT2D eigenvalue weighted by atomic mass is 16.9. The van der Waals surface area contributed by atoms with E-state index in [2.05, 4.69) is 0 Å². The first-order valence-electron chi connectivity index (χ1n) is 2.24. The van der Waals surface area contributed by atoms with E-state index in [0.29, 0.717) is 0 Å². The van der Waals surface area contributed by atoms with E-state index in [1.807, 2.05) is 0 Å². The van der Waals surface area contributed by atoms with Gasteiger partial charge < -0.3 is 14.6 Å². The van der Waals surface area contributed by atoms with Crippen molar-refractivity contribution in [3.05, 3.63) is 0 Å². The van der Waals surface area contributed by atoms with Crippen molar-refractivity contribution in [3.8, 4) is 0 Å². The fourth-order valence-corrected chi connectivity index (χ4v) is 0.524. The third kappa shape index (κ3) is 0.907. The Morgan fingerprint density at radius 2 is 2.14 bits per heavy atom. The Hall–Kier alpha value is -0.120. The van der Waals surface area contributed by atoms with Crippen LogP contribution in [0.1, 0.15) is 6.92 Å². The highest BCUT2D eigenvalue weighted by molar-refractivity contribution is 4.50. The van der Waals surface area contributed by atoms with Crippen molar-refractivity contribution in [1.82, 2.24) is 0 Å². The van der Waals surface area contributed by atoms with Crippen LogP contribution in [0.25, 0.3) is 0 Å². The van der Waals surface area contributed by atoms with E-state index in [4.69, 9.17) is 14.6 Å². The minimum atomic E-state index is -0.352. The summed E-state index contributed by atoms with van der Waals surface area (Å²) in [4.78, 5) is 0. The molecule has 0 bridgehead atoms. The topological polar surface area (TPSA) is 38.7 Å². The molecule has 0 saturated carbocycles. The molecule has 42 valence electrons. The summed E-state index contributed by atoms with van der Waals surface area (Å²) >= 11 is 0. The van der Waals surface area contributed by atoms with Crippen LogP contribution in [0.3, 0.4) is 0 Å². The Kier molecular flexibility index (Phi) is 1.27. The van der Waals surface area contributed by atoms with Gasteiger partial charge in [0.05, 0.1) is 6.61 Å². The van der Waals surface area contributed by atoms with Gasteiger partial charge in [-0.3, -0.25) is 0 Å². The van der Waals surface area contributed by atoms with Crippen LogP contribution in [0.2, 0.25) is 0 Å². The zero-order valence-electron chi connectivity index (χ0n) is 4.13. The Morgan fingerprint density at radius 1 is 1.57 bits per heavy atom. The molecule has 1 N–H and O–H groups in total. The molecular formula is C4H8O3. The Labute approximate surface area is 41.8 Å². The van der Waals surface area contributed by atoms with Crippen molar-refractivity contribution < 1.29 is 14.6 Å². The summed E-state index contributed by atoms with van der Waals surface area (Å²) in [6, 6.07) is 0. The zero-order chi connectivity index (χ0) is 5.28. The number of aliphatic hydroxyl groups is 1. The van der Waals surface area contributed by atoms with Gasteiger partial charge in [0.15, 0.2) is 12.6 Å². The van der Waals surface area contributed by atoms with Gasteiger partial charge in [0.1, 0.15) is 0 Å². The van der Waals surface area contributed by atoms with Crippen molar-refractivity contribution in [2.24, 2.45) is 0 Å². The lowest BCUT2D eigenvalue weighted by Gasteiger charge is -2.31. The van der Waals surface area contributed by atoms with E-state index in [-0.39, 0.29) is 19.2 Å². The molecule has 3 heteroatoms. The van der Waals surface area contributed by atoms with E-state index in [1.54, 1.807) is 6.92 Å². The van der Waals surface area contributed by atoms with Gasteiger partial charge in [-0.1, -0.05) is 0 Å². The first kappa shape index (κ1) is 5.03. The van der Waals surface area contributed by atoms with Crippen LogP contribution in [0, 0.1) is 0 Å². The minimum Gasteiger partial charge on any atom is -0.391 e. The van der Waals surface area contributed by atoms with Crippen LogP contribution < -0.4 is 0 Å². The third-order valence-corrected chi connectivity index (χ3v) is 0.836. The summed E-state index contributed by atoms with van der Waals surface area (Å²) in [7, 11) is 0. The average Bonchev–Trinajstić information content (AvgIpc) is 1.58. The number of aliphatic hydroxyl groups excluding tert-OH is 1. The Balaban J connectivity index is 2.06. The normalized spacial score (nSPS) is 40.3. The van der Waals surface area contributed by atoms with Gasteiger partial charge in [-0.05, 0) is 6.92 Å². The second-order valence-electron chi connectivity index (χ2n) is 1.45. The number of hydrogen-bond donors (Lipinski definition) is 1. The molecule has 1 rings (SSSR count). The molecular weight excluding hydrogens is 96.0 g/mol. The van der Waals surface area contributed by atoms with Gasteiger partial charge in [-0.25, -0.2) is 0 Å². The SMILES string of the molecule is CC1OC(CO)O1. The second kappa shape index (κ2) is 1.78. The molecule has 0 amide bonds. The van der Waals surface area contributed by atoms with E-state index >= 15 is 0 Å². The van der Waals surface area contributed by atoms with Gasteiger partial charge in [0.2, 0.25) is 0 Å². The second-order valence-corrected chi connectivity index (χ2v) is 1.45. The highest BCUT2D eigenvalue weighted by Crippen LogP contribution is 2.13. The van der Waals surface area contributed by atoms with Crippen LogP contribution in [0.5, 0.6) is 0 Å². The number of rotatable bonds is 1. The average molecular weight is 104 g/mol. The van der Waals surface area contributed by atoms with Crippen LogP contribution in [0.15, 0.2) is 0 Å². The molecule has 0 atom stereocenters. The molecule has 1 aliphatic heterocycles. The molecule has 1 fully saturated rings. The minimum absolute atomic E-state index is 0.0374. The Morgan fingerprint density at radius 3 is 2.29 bits per heavy atom. The van der Waals surface area contributed by atoms with Crippen LogP contribution in [-0.2, 0) is 9.47 Å². The van der Waals surface area contributed by atoms with Gasteiger partial charge in [-0.15, -0.1) is 0 Å². The first-order valence-corrected chi connectivity index (χ1v) is 2.24. The molecule has 1 saturated heterocycles. The fourth-order valence-electron chi connectivity index (χ4n) is 0.524. The van der Waals surface area contributed by atoms with E-state index in [9.17, 15) is 0 Å². The first-order chi connectivity index (χ1) is 3.33. The lowest BCUT2D eigenvalue weighted by molar-refractivity contribution is -0.382. The van der Waals surface area contributed by atoms with Gasteiger partial charge in [0.25, 0.3) is 0 Å². The quantitative estimate of drug-likeness (QED) is 0.496. The summed E-state index contributed by atoms with van der Waals surface area (Å²) in [5.41, 5.74) is 0. The maximum Gasteiger partial charge on any atom is 0.186 e. The monoisotopic (exact) mass is 104 g/mol. The molecule has 0 aromatic heterocycles. The standard InChI is InChI=1S/C4H8O3/c1-3-6-4(2-5)7-3/h3-5H,2H2,1H3. The van der Waals surface area contributed by atoms with E-state index in [0.717, 1.165) is 0 Å². The molecule has 0 radical (unpaired) electrons. The third-order valence-electron chi connectivity index (χ3n) is 0.836. The lowest BCUT2D eigenvalue weighted by atomic mass is 10.5. The summed E-state index contributed by atoms with van der Waals surface area (Å²) in [5.74, 6) is 0. The summed E-state index contributed by atoms with van der Waals surface area (Å²) < 4.78 is 9.63. The molecule has 1 aliphatic rings. The van der Waals surface area contributed by atoms with Crippen molar-refractivity contribution in [2.45, 2.75) is 19.5 Å². The van der Waals surface area contributed by atoms with Gasteiger partial charge in [-0.2, -0.15) is 0 Å². The fraction of sp³-hybridized carbons (Fsp3) is 1.00. The number of hydrogen-bond acceptors (Lipinski definition) is 3. The molecule has 3 nitrogen and oxygen atoms in total. The van der Waals surface area contributed by atoms with Crippen molar-refractivity contribution in [1.29, 1.82) is 0 Å². The molecule has 0 spiro atoms. The van der Waals surface area contributed by atoms with Crippen molar-refractivity contribution >= 4 is 0 Å². The summed E-state index contributed by atoms with van der Waals surface area (Å²) in [6.07, 6.45) is -0.466. The number of ether oxygens (including phenoxy) is 2.